The molecule has 0 N–H and O–H groups in total. The molecular formula is C59H47BN4S. The lowest BCUT2D eigenvalue weighted by Gasteiger charge is -2.42. The predicted molar refractivity (Wildman–Crippen MR) is 278 cm³/mol. The molecule has 0 unspecified atom stereocenters. The molecule has 0 saturated heterocycles. The second-order valence-corrected chi connectivity index (χ2v) is 21.9. The quantitative estimate of drug-likeness (QED) is 0.162. The van der Waals surface area contributed by atoms with Crippen LogP contribution in [0.1, 0.15) is 63.8 Å². The highest BCUT2D eigenvalue weighted by Gasteiger charge is 2.46. The van der Waals surface area contributed by atoms with E-state index in [0.717, 1.165) is 28.8 Å². The van der Waals surface area contributed by atoms with Gasteiger partial charge in [-0.3, -0.25) is 0 Å². The maximum absolute atomic E-state index is 5.46. The molecular weight excluding hydrogens is 808 g/mol. The molecule has 6 heteroatoms. The Morgan fingerprint density at radius 1 is 0.600 bits per heavy atom. The Bertz CT molecular complexity index is 3890. The van der Waals surface area contributed by atoms with Gasteiger partial charge in [0.1, 0.15) is 5.82 Å². The highest BCUT2D eigenvalue weighted by Crippen LogP contribution is 2.55. The van der Waals surface area contributed by atoms with E-state index in [1.807, 2.05) is 11.3 Å². The van der Waals surface area contributed by atoms with Crippen LogP contribution in [0.5, 0.6) is 0 Å². The van der Waals surface area contributed by atoms with Gasteiger partial charge in [0, 0.05) is 66.2 Å². The highest BCUT2D eigenvalue weighted by atomic mass is 32.1. The molecule has 4 nitrogen and oxygen atoms in total. The van der Waals surface area contributed by atoms with Gasteiger partial charge in [0.2, 0.25) is 0 Å². The van der Waals surface area contributed by atoms with E-state index in [9.17, 15) is 0 Å². The van der Waals surface area contributed by atoms with Crippen molar-refractivity contribution in [2.75, 3.05) is 4.81 Å². The van der Waals surface area contributed by atoms with Crippen LogP contribution in [-0.4, -0.2) is 21.0 Å². The first-order valence-electron chi connectivity index (χ1n) is 23.1. The molecule has 0 bridgehead atoms. The number of aromatic nitrogens is 3. The van der Waals surface area contributed by atoms with E-state index < -0.39 is 0 Å². The molecule has 2 aliphatic heterocycles. The third kappa shape index (κ3) is 5.01. The van der Waals surface area contributed by atoms with E-state index in [2.05, 4.69) is 208 Å². The first-order chi connectivity index (χ1) is 31.4. The van der Waals surface area contributed by atoms with E-state index >= 15 is 0 Å². The molecule has 0 spiro atoms. The molecule has 14 rings (SSSR count). The topological polar surface area (TPSA) is 26.0 Å². The Labute approximate surface area is 383 Å². The van der Waals surface area contributed by atoms with Crippen LogP contribution in [0.3, 0.4) is 0 Å². The molecule has 8 aromatic carbocycles. The number of nitrogens with zero attached hydrogens (tertiary/aromatic N) is 4. The summed E-state index contributed by atoms with van der Waals surface area (Å²) in [6.07, 6.45) is 0.931. The van der Waals surface area contributed by atoms with Gasteiger partial charge in [0.15, 0.2) is 0 Å². The fraction of sp³-hybridized carbons (Fsp3) is 0.169. The Morgan fingerprint density at radius 2 is 1.34 bits per heavy atom. The van der Waals surface area contributed by atoms with Crippen molar-refractivity contribution >= 4 is 93.5 Å². The van der Waals surface area contributed by atoms with Crippen molar-refractivity contribution in [1.29, 1.82) is 0 Å². The summed E-state index contributed by atoms with van der Waals surface area (Å²) in [5.74, 6) is 0.976. The summed E-state index contributed by atoms with van der Waals surface area (Å²) < 4.78 is 7.64. The maximum Gasteiger partial charge on any atom is 0.333 e. The van der Waals surface area contributed by atoms with Crippen LogP contribution in [0.25, 0.3) is 92.3 Å². The van der Waals surface area contributed by atoms with Crippen LogP contribution >= 0.6 is 11.3 Å². The van der Waals surface area contributed by atoms with Gasteiger partial charge in [-0.2, -0.15) is 0 Å². The second-order valence-electron chi connectivity index (χ2n) is 20.8. The first kappa shape index (κ1) is 37.5. The molecule has 3 aliphatic rings. The fourth-order valence-corrected chi connectivity index (χ4v) is 13.1. The fourth-order valence-electron chi connectivity index (χ4n) is 11.8. The number of aryl methyl sites for hydroxylation is 1. The molecule has 0 atom stereocenters. The molecule has 5 heterocycles. The Kier molecular flexibility index (Phi) is 7.31. The van der Waals surface area contributed by atoms with E-state index in [1.54, 1.807) is 0 Å². The molecule has 0 saturated carbocycles. The lowest BCUT2D eigenvalue weighted by molar-refractivity contribution is 0.590. The summed E-state index contributed by atoms with van der Waals surface area (Å²) in [7, 11) is 2.18. The van der Waals surface area contributed by atoms with E-state index in [0.29, 0.717) is 0 Å². The molecule has 3 aromatic heterocycles. The smallest absolute Gasteiger partial charge is 0.333 e. The average molecular weight is 855 g/mol. The zero-order chi connectivity index (χ0) is 43.8. The van der Waals surface area contributed by atoms with Gasteiger partial charge in [-0.15, -0.1) is 11.3 Å². The van der Waals surface area contributed by atoms with Gasteiger partial charge in [-0.25, -0.2) is 4.98 Å². The zero-order valence-corrected chi connectivity index (χ0v) is 38.7. The van der Waals surface area contributed by atoms with Crippen molar-refractivity contribution in [2.24, 2.45) is 7.05 Å². The average Bonchev–Trinajstić information content (AvgIpc) is 4.05. The van der Waals surface area contributed by atoms with Gasteiger partial charge in [0.05, 0.1) is 22.1 Å². The number of rotatable bonds is 2. The number of hydrogen-bond donors (Lipinski definition) is 0. The van der Waals surface area contributed by atoms with Crippen LogP contribution in [-0.2, 0) is 24.3 Å². The van der Waals surface area contributed by atoms with Gasteiger partial charge in [-0.1, -0.05) is 133 Å². The predicted octanol–water partition coefficient (Wildman–Crippen LogP) is 14.1. The van der Waals surface area contributed by atoms with Crippen molar-refractivity contribution in [3.63, 3.8) is 0 Å². The molecule has 0 amide bonds. The summed E-state index contributed by atoms with van der Waals surface area (Å²) in [5.41, 5.74) is 23.1. The number of anilines is 2. The van der Waals surface area contributed by atoms with Crippen LogP contribution in [0.2, 0.25) is 0 Å². The number of benzene rings is 8. The van der Waals surface area contributed by atoms with E-state index in [4.69, 9.17) is 4.98 Å². The molecule has 0 radical (unpaired) electrons. The van der Waals surface area contributed by atoms with Crippen molar-refractivity contribution in [1.82, 2.24) is 14.1 Å². The number of hydrogen-bond acceptors (Lipinski definition) is 3. The number of fused-ring (bicyclic) bond motifs is 17. The van der Waals surface area contributed by atoms with Gasteiger partial charge < -0.3 is 13.9 Å². The van der Waals surface area contributed by atoms with Crippen molar-refractivity contribution in [3.8, 4) is 39.3 Å². The summed E-state index contributed by atoms with van der Waals surface area (Å²) in [6.45, 7) is 13.8. The number of imidazole rings is 1. The Hall–Kier alpha value is -6.89. The lowest BCUT2D eigenvalue weighted by Crippen LogP contribution is -2.60. The van der Waals surface area contributed by atoms with Crippen LogP contribution in [0.15, 0.2) is 146 Å². The molecule has 0 fully saturated rings. The standard InChI is InChI=1S/C59H47BN4S/c1-58(2,3)36-21-24-38(25-22-36)64-47-28-35-27-34-17-11-12-18-39(34)41(35)30-43(47)51-52-40-19-13-14-20-50(40)65-56(52)53-42-29-37(59(4,5)6)23-26-46(42)63-48-32-49-45(31-44(48)60(64)54(51)55(53)63)61-57(62(49)7)33-15-9-8-10-16-33/h8-26,28-32H,27H2,1-7H3. The summed E-state index contributed by atoms with van der Waals surface area (Å²) >= 11 is 1.97. The minimum atomic E-state index is -0.133. The summed E-state index contributed by atoms with van der Waals surface area (Å²) in [4.78, 5) is 8.17. The molecule has 65 heavy (non-hydrogen) atoms. The summed E-state index contributed by atoms with van der Waals surface area (Å²) in [6, 6.07) is 55.7. The second kappa shape index (κ2) is 12.7. The SMILES string of the molecule is Cn1c(-c2ccccc2)nc2cc3c(cc21)-n1c2ccc(C(C)(C)C)cc2c2c4sc5ccccc5c4c4c(c21)B3N(c1ccc(C(C)(C)C)cc1)c1cc2c(cc1-4)-c1ccccc1C2. The molecule has 1 aliphatic carbocycles. The highest BCUT2D eigenvalue weighted by molar-refractivity contribution is 7.27. The van der Waals surface area contributed by atoms with Crippen LogP contribution in [0, 0.1) is 0 Å². The Balaban J connectivity index is 1.20. The minimum absolute atomic E-state index is 0.0168. The largest absolute Gasteiger partial charge is 0.376 e. The van der Waals surface area contributed by atoms with Crippen LogP contribution in [0.4, 0.5) is 11.4 Å². The van der Waals surface area contributed by atoms with E-state index in [-0.39, 0.29) is 17.7 Å². The van der Waals surface area contributed by atoms with Crippen molar-refractivity contribution in [2.45, 2.75) is 58.8 Å². The monoisotopic (exact) mass is 854 g/mol. The van der Waals surface area contributed by atoms with Crippen molar-refractivity contribution in [3.05, 3.63) is 168 Å². The number of thiophene rings is 1. The van der Waals surface area contributed by atoms with Crippen molar-refractivity contribution < 1.29 is 0 Å². The molecule has 312 valence electrons. The summed E-state index contributed by atoms with van der Waals surface area (Å²) in [5, 5.41) is 5.40. The normalized spacial score (nSPS) is 14.0. The molecule has 11 aromatic rings. The van der Waals surface area contributed by atoms with Gasteiger partial charge in [-0.05, 0) is 122 Å². The van der Waals surface area contributed by atoms with Gasteiger partial charge in [0.25, 0.3) is 0 Å². The minimum Gasteiger partial charge on any atom is -0.376 e. The third-order valence-electron chi connectivity index (χ3n) is 15.0. The first-order valence-corrected chi connectivity index (χ1v) is 23.9. The van der Waals surface area contributed by atoms with E-state index in [1.165, 1.54) is 114 Å². The third-order valence-corrected chi connectivity index (χ3v) is 16.2. The Morgan fingerprint density at radius 3 is 2.14 bits per heavy atom. The van der Waals surface area contributed by atoms with Crippen LogP contribution < -0.4 is 15.7 Å². The van der Waals surface area contributed by atoms with Gasteiger partial charge >= 0.3 is 6.85 Å². The lowest BCUT2D eigenvalue weighted by atomic mass is 9.43. The maximum atomic E-state index is 5.46. The zero-order valence-electron chi connectivity index (χ0n) is 37.8.